The molecular weight excluding hydrogens is 116 g/mol. The first-order valence-corrected chi connectivity index (χ1v) is 3.04. The summed E-state index contributed by atoms with van der Waals surface area (Å²) < 4.78 is 4.94. The average molecular weight is 128 g/mol. The Morgan fingerprint density at radius 3 is 2.78 bits per heavy atom. The van der Waals surface area contributed by atoms with Gasteiger partial charge in [-0.3, -0.25) is 0 Å². The first-order chi connectivity index (χ1) is 4.41. The van der Waals surface area contributed by atoms with Gasteiger partial charge >= 0.3 is 0 Å². The number of ether oxygens (including phenoxy) is 1. The fraction of sp³-hybridized carbons (Fsp3) is 0.714. The molecule has 9 heavy (non-hydrogen) atoms. The third-order valence-corrected chi connectivity index (χ3v) is 0.845. The second kappa shape index (κ2) is 7.48. The molecule has 0 atom stereocenters. The summed E-state index contributed by atoms with van der Waals surface area (Å²) in [6.07, 6.45) is 6.63. The van der Waals surface area contributed by atoms with Gasteiger partial charge in [0.05, 0.1) is 13.2 Å². The summed E-state index contributed by atoms with van der Waals surface area (Å²) in [5, 5.41) is 8.26. The molecule has 52 valence electrons. The molecule has 0 radical (unpaired) electrons. The van der Waals surface area contributed by atoms with E-state index in [2.05, 4.69) is 5.92 Å². The normalized spacial score (nSPS) is 8.89. The van der Waals surface area contributed by atoms with Crippen LogP contribution < -0.4 is 0 Å². The van der Waals surface area contributed by atoms with Crippen LogP contribution in [0.1, 0.15) is 12.8 Å². The van der Waals surface area contributed by atoms with E-state index in [9.17, 15) is 0 Å². The molecule has 0 unspecified atom stereocenters. The largest absolute Gasteiger partial charge is 0.394 e. The number of terminal acetylenes is 1. The number of unbranched alkanes of at least 4 members (excludes halogenated alkanes) is 1. The molecule has 1 N–H and O–H groups in total. The molecule has 0 amide bonds. The lowest BCUT2D eigenvalue weighted by molar-refractivity contribution is 0.0914. The van der Waals surface area contributed by atoms with E-state index >= 15 is 0 Å². The smallest absolute Gasteiger partial charge is 0.0697 e. The van der Waals surface area contributed by atoms with Crippen LogP contribution in [0, 0.1) is 12.3 Å². The van der Waals surface area contributed by atoms with E-state index in [4.69, 9.17) is 16.3 Å². The van der Waals surface area contributed by atoms with Gasteiger partial charge in [0, 0.05) is 13.0 Å². The highest BCUT2D eigenvalue weighted by Crippen LogP contribution is 1.86. The van der Waals surface area contributed by atoms with Gasteiger partial charge in [0.2, 0.25) is 0 Å². The Kier molecular flexibility index (Phi) is 7.05. The number of rotatable bonds is 5. The van der Waals surface area contributed by atoms with Crippen LogP contribution in [-0.2, 0) is 4.74 Å². The Hall–Kier alpha value is -0.520. The Labute approximate surface area is 55.8 Å². The van der Waals surface area contributed by atoms with Crippen molar-refractivity contribution in [3.8, 4) is 12.3 Å². The molecule has 0 aliphatic rings. The molecule has 2 nitrogen and oxygen atoms in total. The molecule has 0 rings (SSSR count). The van der Waals surface area contributed by atoms with Crippen LogP contribution in [0.15, 0.2) is 0 Å². The van der Waals surface area contributed by atoms with Crippen LogP contribution in [0.5, 0.6) is 0 Å². The average Bonchev–Trinajstić information content (AvgIpc) is 1.89. The fourth-order valence-corrected chi connectivity index (χ4v) is 0.443. The van der Waals surface area contributed by atoms with Crippen molar-refractivity contribution in [2.24, 2.45) is 0 Å². The van der Waals surface area contributed by atoms with E-state index in [1.165, 1.54) is 0 Å². The maximum atomic E-state index is 8.26. The standard InChI is InChI=1S/C7H12O2/c1-2-3-4-6-9-7-5-8/h1,8H,3-7H2. The van der Waals surface area contributed by atoms with Crippen molar-refractivity contribution in [1.29, 1.82) is 0 Å². The van der Waals surface area contributed by atoms with Crippen molar-refractivity contribution in [1.82, 2.24) is 0 Å². The predicted octanol–water partition coefficient (Wildman–Crippen LogP) is 0.409. The number of aliphatic hydroxyl groups is 1. The van der Waals surface area contributed by atoms with E-state index in [-0.39, 0.29) is 6.61 Å². The Bertz CT molecular complexity index is 83.4. The summed E-state index contributed by atoms with van der Waals surface area (Å²) in [5.41, 5.74) is 0. The third-order valence-electron chi connectivity index (χ3n) is 0.845. The zero-order valence-electron chi connectivity index (χ0n) is 5.47. The quantitative estimate of drug-likeness (QED) is 0.429. The van der Waals surface area contributed by atoms with E-state index in [1.54, 1.807) is 0 Å². The van der Waals surface area contributed by atoms with E-state index in [0.29, 0.717) is 13.2 Å². The second-order valence-electron chi connectivity index (χ2n) is 1.64. The van der Waals surface area contributed by atoms with Gasteiger partial charge in [-0.25, -0.2) is 0 Å². The molecule has 0 heterocycles. The molecule has 0 aromatic heterocycles. The summed E-state index contributed by atoms with van der Waals surface area (Å²) in [7, 11) is 0. The van der Waals surface area contributed by atoms with Gasteiger partial charge in [0.25, 0.3) is 0 Å². The molecule has 2 heteroatoms. The Balaban J connectivity index is 2.69. The lowest BCUT2D eigenvalue weighted by Gasteiger charge is -1.97. The lowest BCUT2D eigenvalue weighted by Crippen LogP contribution is -1.99. The monoisotopic (exact) mass is 128 g/mol. The molecule has 0 bridgehead atoms. The van der Waals surface area contributed by atoms with Crippen LogP contribution in [0.3, 0.4) is 0 Å². The van der Waals surface area contributed by atoms with Crippen LogP contribution in [0.25, 0.3) is 0 Å². The summed E-state index contributed by atoms with van der Waals surface area (Å²) in [6, 6.07) is 0. The zero-order chi connectivity index (χ0) is 6.95. The van der Waals surface area contributed by atoms with Gasteiger partial charge in [0.1, 0.15) is 0 Å². The van der Waals surface area contributed by atoms with Crippen LogP contribution in [0.2, 0.25) is 0 Å². The Morgan fingerprint density at radius 1 is 1.44 bits per heavy atom. The molecular formula is C7H12O2. The van der Waals surface area contributed by atoms with Crippen molar-refractivity contribution < 1.29 is 9.84 Å². The highest BCUT2D eigenvalue weighted by atomic mass is 16.5. The molecule has 0 aromatic rings. The van der Waals surface area contributed by atoms with E-state index < -0.39 is 0 Å². The molecule has 0 aliphatic heterocycles. The fourth-order valence-electron chi connectivity index (χ4n) is 0.443. The first-order valence-electron chi connectivity index (χ1n) is 3.04. The maximum Gasteiger partial charge on any atom is 0.0697 e. The van der Waals surface area contributed by atoms with E-state index in [0.717, 1.165) is 12.8 Å². The van der Waals surface area contributed by atoms with Crippen molar-refractivity contribution >= 4 is 0 Å². The minimum Gasteiger partial charge on any atom is -0.394 e. The molecule has 0 aromatic carbocycles. The van der Waals surface area contributed by atoms with Gasteiger partial charge in [-0.15, -0.1) is 12.3 Å². The van der Waals surface area contributed by atoms with Gasteiger partial charge in [-0.1, -0.05) is 0 Å². The van der Waals surface area contributed by atoms with E-state index in [1.807, 2.05) is 0 Å². The SMILES string of the molecule is C#CCCCOCCO. The van der Waals surface area contributed by atoms with Gasteiger partial charge < -0.3 is 9.84 Å². The molecule has 0 spiro atoms. The first kappa shape index (κ1) is 8.48. The molecule has 0 aliphatic carbocycles. The number of hydrogen-bond acceptors (Lipinski definition) is 2. The number of aliphatic hydroxyl groups excluding tert-OH is 1. The maximum absolute atomic E-state index is 8.26. The Morgan fingerprint density at radius 2 is 2.22 bits per heavy atom. The summed E-state index contributed by atoms with van der Waals surface area (Å²) in [5.74, 6) is 2.50. The summed E-state index contributed by atoms with van der Waals surface area (Å²) in [4.78, 5) is 0. The topological polar surface area (TPSA) is 29.5 Å². The van der Waals surface area contributed by atoms with Crippen molar-refractivity contribution in [2.75, 3.05) is 19.8 Å². The molecule has 0 saturated heterocycles. The highest BCUT2D eigenvalue weighted by molar-refractivity contribution is 4.82. The molecule has 0 saturated carbocycles. The summed E-state index contributed by atoms with van der Waals surface area (Å²) >= 11 is 0. The van der Waals surface area contributed by atoms with Crippen LogP contribution in [0.4, 0.5) is 0 Å². The summed E-state index contributed by atoms with van der Waals surface area (Å²) in [6.45, 7) is 1.17. The van der Waals surface area contributed by atoms with Crippen molar-refractivity contribution in [2.45, 2.75) is 12.8 Å². The van der Waals surface area contributed by atoms with Crippen molar-refractivity contribution in [3.63, 3.8) is 0 Å². The number of hydrogen-bond donors (Lipinski definition) is 1. The zero-order valence-corrected chi connectivity index (χ0v) is 5.47. The second-order valence-corrected chi connectivity index (χ2v) is 1.64. The molecule has 0 fully saturated rings. The van der Waals surface area contributed by atoms with Gasteiger partial charge in [-0.05, 0) is 6.42 Å². The minimum absolute atomic E-state index is 0.0933. The minimum atomic E-state index is 0.0933. The van der Waals surface area contributed by atoms with Gasteiger partial charge in [0.15, 0.2) is 0 Å². The van der Waals surface area contributed by atoms with Crippen LogP contribution in [-0.4, -0.2) is 24.9 Å². The van der Waals surface area contributed by atoms with Gasteiger partial charge in [-0.2, -0.15) is 0 Å². The highest BCUT2D eigenvalue weighted by Gasteiger charge is 1.83. The predicted molar refractivity (Wildman–Crippen MR) is 36.0 cm³/mol. The van der Waals surface area contributed by atoms with Crippen LogP contribution >= 0.6 is 0 Å². The van der Waals surface area contributed by atoms with Crippen molar-refractivity contribution in [3.05, 3.63) is 0 Å². The lowest BCUT2D eigenvalue weighted by atomic mass is 10.3. The third kappa shape index (κ3) is 7.48.